The number of fused-ring (bicyclic) bond motifs is 1. The van der Waals surface area contributed by atoms with Crippen LogP contribution in [0.2, 0.25) is 0 Å². The Morgan fingerprint density at radius 1 is 1.20 bits per heavy atom. The number of hydrogen-bond donors (Lipinski definition) is 2. The summed E-state index contributed by atoms with van der Waals surface area (Å²) in [5.41, 5.74) is 1.81. The maximum atomic E-state index is 12.9. The van der Waals surface area contributed by atoms with Crippen LogP contribution in [0, 0.1) is 5.82 Å². The van der Waals surface area contributed by atoms with Crippen LogP contribution in [0.5, 0.6) is 0 Å². The number of benzene rings is 2. The molecule has 0 saturated heterocycles. The van der Waals surface area contributed by atoms with Gasteiger partial charge < -0.3 is 14.6 Å². The van der Waals surface area contributed by atoms with Crippen LogP contribution in [0.1, 0.15) is 24.3 Å². The summed E-state index contributed by atoms with van der Waals surface area (Å²) in [6.45, 7) is 2.90. The Morgan fingerprint density at radius 2 is 1.92 bits per heavy atom. The molecule has 130 valence electrons. The zero-order valence-corrected chi connectivity index (χ0v) is 14.4. The van der Waals surface area contributed by atoms with Gasteiger partial charge in [0.25, 0.3) is 5.91 Å². The van der Waals surface area contributed by atoms with Crippen molar-refractivity contribution in [2.45, 2.75) is 19.5 Å². The number of likely N-dealkylation sites (N-methyl/N-ethyl adjacent to an activating group) is 1. The lowest BCUT2D eigenvalue weighted by Crippen LogP contribution is -3.08. The summed E-state index contributed by atoms with van der Waals surface area (Å²) in [5.74, 6) is 0.442. The molecule has 2 atom stereocenters. The molecule has 0 aliphatic heterocycles. The summed E-state index contributed by atoms with van der Waals surface area (Å²) in [4.78, 5) is 13.3. The molecule has 2 aromatic carbocycles. The highest BCUT2D eigenvalue weighted by atomic mass is 19.1. The number of nitrogens with one attached hydrogen (secondary N) is 2. The molecule has 1 unspecified atom stereocenters. The van der Waals surface area contributed by atoms with Crippen molar-refractivity contribution < 1.29 is 18.5 Å². The zero-order valence-electron chi connectivity index (χ0n) is 14.4. The normalized spacial score (nSPS) is 13.6. The SMILES string of the molecule is C[C@@H](NC(=O)C[NH+](C)Cc1ccc(F)cc1)c1cc2ccccc2o1. The minimum atomic E-state index is -0.251. The number of furan rings is 1. The van der Waals surface area contributed by atoms with Crippen molar-refractivity contribution >= 4 is 16.9 Å². The van der Waals surface area contributed by atoms with Crippen molar-refractivity contribution in [2.24, 2.45) is 0 Å². The number of hydrogen-bond acceptors (Lipinski definition) is 2. The quantitative estimate of drug-likeness (QED) is 0.723. The van der Waals surface area contributed by atoms with E-state index < -0.39 is 0 Å². The van der Waals surface area contributed by atoms with Gasteiger partial charge in [-0.25, -0.2) is 4.39 Å². The average Bonchev–Trinajstić information content (AvgIpc) is 3.01. The van der Waals surface area contributed by atoms with E-state index in [1.54, 1.807) is 12.1 Å². The third-order valence-corrected chi connectivity index (χ3v) is 4.13. The second kappa shape index (κ2) is 7.49. The lowest BCUT2D eigenvalue weighted by molar-refractivity contribution is -0.885. The molecule has 1 aromatic heterocycles. The Hall–Kier alpha value is -2.66. The molecule has 3 aromatic rings. The van der Waals surface area contributed by atoms with Crippen LogP contribution in [0.15, 0.2) is 59.0 Å². The largest absolute Gasteiger partial charge is 0.459 e. The standard InChI is InChI=1S/C20H21FN2O2/c1-14(19-11-16-5-3-4-6-18(16)25-19)22-20(24)13-23(2)12-15-7-9-17(21)10-8-15/h3-11,14H,12-13H2,1-2H3,(H,22,24)/p+1/t14-/m1/s1. The fourth-order valence-electron chi connectivity index (χ4n) is 2.87. The van der Waals surface area contributed by atoms with E-state index in [0.29, 0.717) is 13.1 Å². The van der Waals surface area contributed by atoms with E-state index in [4.69, 9.17) is 4.42 Å². The van der Waals surface area contributed by atoms with Crippen LogP contribution in [-0.4, -0.2) is 19.5 Å². The number of carbonyl (C=O) groups is 1. The predicted molar refractivity (Wildman–Crippen MR) is 94.6 cm³/mol. The molecule has 0 fully saturated rings. The monoisotopic (exact) mass is 341 g/mol. The zero-order chi connectivity index (χ0) is 17.8. The van der Waals surface area contributed by atoms with Gasteiger partial charge in [0, 0.05) is 10.9 Å². The van der Waals surface area contributed by atoms with Crippen LogP contribution in [0.4, 0.5) is 4.39 Å². The fourth-order valence-corrected chi connectivity index (χ4v) is 2.87. The molecule has 25 heavy (non-hydrogen) atoms. The van der Waals surface area contributed by atoms with Gasteiger partial charge in [-0.2, -0.15) is 0 Å². The Labute approximate surface area is 146 Å². The molecule has 0 saturated carbocycles. The van der Waals surface area contributed by atoms with Crippen molar-refractivity contribution in [3.05, 3.63) is 71.7 Å². The molecule has 1 amide bonds. The number of carbonyl (C=O) groups excluding carboxylic acids is 1. The van der Waals surface area contributed by atoms with E-state index >= 15 is 0 Å². The summed E-state index contributed by atoms with van der Waals surface area (Å²) in [6, 6.07) is 15.9. The van der Waals surface area contributed by atoms with Crippen LogP contribution in [-0.2, 0) is 11.3 Å². The van der Waals surface area contributed by atoms with Gasteiger partial charge in [0.2, 0.25) is 0 Å². The Kier molecular flexibility index (Phi) is 5.14. The van der Waals surface area contributed by atoms with E-state index in [1.165, 1.54) is 12.1 Å². The molecule has 4 nitrogen and oxygen atoms in total. The van der Waals surface area contributed by atoms with Crippen LogP contribution in [0.25, 0.3) is 11.0 Å². The Bertz CT molecular complexity index is 825. The van der Waals surface area contributed by atoms with Gasteiger partial charge >= 0.3 is 0 Å². The summed E-state index contributed by atoms with van der Waals surface area (Å²) in [7, 11) is 1.94. The maximum Gasteiger partial charge on any atom is 0.275 e. The third-order valence-electron chi connectivity index (χ3n) is 4.13. The minimum absolute atomic E-state index is 0.0485. The number of amides is 1. The van der Waals surface area contributed by atoms with E-state index in [0.717, 1.165) is 27.2 Å². The Morgan fingerprint density at radius 3 is 2.64 bits per heavy atom. The highest BCUT2D eigenvalue weighted by Gasteiger charge is 2.17. The molecule has 3 rings (SSSR count). The summed E-state index contributed by atoms with van der Waals surface area (Å²) in [5, 5.41) is 4.00. The topological polar surface area (TPSA) is 46.7 Å². The highest BCUT2D eigenvalue weighted by Crippen LogP contribution is 2.23. The first kappa shape index (κ1) is 17.2. The Balaban J connectivity index is 1.55. The number of quaternary nitrogens is 1. The summed E-state index contributed by atoms with van der Waals surface area (Å²) >= 11 is 0. The van der Waals surface area contributed by atoms with Crippen molar-refractivity contribution in [3.63, 3.8) is 0 Å². The number of halogens is 1. The van der Waals surface area contributed by atoms with Crippen molar-refractivity contribution in [1.29, 1.82) is 0 Å². The van der Waals surface area contributed by atoms with Crippen molar-refractivity contribution in [2.75, 3.05) is 13.6 Å². The van der Waals surface area contributed by atoms with E-state index in [2.05, 4.69) is 5.32 Å². The first-order chi connectivity index (χ1) is 12.0. The molecule has 0 aliphatic carbocycles. The predicted octanol–water partition coefficient (Wildman–Crippen LogP) is 2.46. The molecule has 0 radical (unpaired) electrons. The van der Waals surface area contributed by atoms with Crippen molar-refractivity contribution in [1.82, 2.24) is 5.32 Å². The molecule has 0 spiro atoms. The summed E-state index contributed by atoms with van der Waals surface area (Å²) in [6.07, 6.45) is 0. The van der Waals surface area contributed by atoms with Crippen LogP contribution >= 0.6 is 0 Å². The van der Waals surface area contributed by atoms with E-state index in [9.17, 15) is 9.18 Å². The molecule has 1 heterocycles. The van der Waals surface area contributed by atoms with Crippen LogP contribution < -0.4 is 10.2 Å². The van der Waals surface area contributed by atoms with E-state index in [-0.39, 0.29) is 17.8 Å². The molecular formula is C20H22FN2O2+. The molecular weight excluding hydrogens is 319 g/mol. The van der Waals surface area contributed by atoms with Gasteiger partial charge in [-0.05, 0) is 31.2 Å². The highest BCUT2D eigenvalue weighted by molar-refractivity contribution is 5.79. The molecule has 2 N–H and O–H groups in total. The van der Waals surface area contributed by atoms with Gasteiger partial charge in [-0.15, -0.1) is 0 Å². The second-order valence-electron chi connectivity index (χ2n) is 6.41. The van der Waals surface area contributed by atoms with Crippen LogP contribution in [0.3, 0.4) is 0 Å². The number of para-hydroxylation sites is 1. The number of rotatable bonds is 6. The van der Waals surface area contributed by atoms with Gasteiger partial charge in [0.15, 0.2) is 6.54 Å². The summed E-state index contributed by atoms with van der Waals surface area (Å²) < 4.78 is 18.7. The van der Waals surface area contributed by atoms with Gasteiger partial charge in [0.05, 0.1) is 13.1 Å². The molecule has 0 bridgehead atoms. The smallest absolute Gasteiger partial charge is 0.275 e. The van der Waals surface area contributed by atoms with E-state index in [1.807, 2.05) is 44.3 Å². The third kappa shape index (κ3) is 4.45. The molecule has 5 heteroatoms. The fraction of sp³-hybridized carbons (Fsp3) is 0.250. The van der Waals surface area contributed by atoms with Gasteiger partial charge in [-0.1, -0.05) is 30.3 Å². The first-order valence-electron chi connectivity index (χ1n) is 8.35. The lowest BCUT2D eigenvalue weighted by Gasteiger charge is -2.16. The van der Waals surface area contributed by atoms with Gasteiger partial charge in [0.1, 0.15) is 23.7 Å². The van der Waals surface area contributed by atoms with Gasteiger partial charge in [-0.3, -0.25) is 4.79 Å². The average molecular weight is 341 g/mol. The molecule has 0 aliphatic rings. The lowest BCUT2D eigenvalue weighted by atomic mass is 10.2. The second-order valence-corrected chi connectivity index (χ2v) is 6.41. The maximum absolute atomic E-state index is 12.9. The van der Waals surface area contributed by atoms with Crippen molar-refractivity contribution in [3.8, 4) is 0 Å². The minimum Gasteiger partial charge on any atom is -0.459 e. The first-order valence-corrected chi connectivity index (χ1v) is 8.35.